The second-order valence-corrected chi connectivity index (χ2v) is 6.74. The fraction of sp³-hybridized carbons (Fsp3) is 0. The average Bonchev–Trinajstić information content (AvgIpc) is 2.72. The quantitative estimate of drug-likeness (QED) is 0.372. The molecule has 0 atom stereocenters. The summed E-state index contributed by atoms with van der Waals surface area (Å²) in [6, 6.07) is 32.6. The SMILES string of the molecule is Oc1c(Br)cccc1-c1ccccc1.Oc1ccccc1-c1ccccc1. The number of hydrogen-bond acceptors (Lipinski definition) is 2. The molecule has 0 aromatic heterocycles. The number of para-hydroxylation sites is 2. The predicted molar refractivity (Wildman–Crippen MR) is 115 cm³/mol. The van der Waals surface area contributed by atoms with Gasteiger partial charge in [0.2, 0.25) is 0 Å². The lowest BCUT2D eigenvalue weighted by Crippen LogP contribution is -1.78. The Bertz CT molecular complexity index is 999. The lowest BCUT2D eigenvalue weighted by Gasteiger charge is -2.05. The number of phenolic OH excluding ortho intramolecular Hbond substituents is 2. The minimum atomic E-state index is 0.290. The summed E-state index contributed by atoms with van der Waals surface area (Å²) < 4.78 is 0.721. The van der Waals surface area contributed by atoms with E-state index in [-0.39, 0.29) is 0 Å². The zero-order valence-corrected chi connectivity index (χ0v) is 16.2. The van der Waals surface area contributed by atoms with Gasteiger partial charge in [0, 0.05) is 11.1 Å². The number of benzene rings is 4. The summed E-state index contributed by atoms with van der Waals surface area (Å²) in [6.45, 7) is 0. The molecule has 2 nitrogen and oxygen atoms in total. The number of halogens is 1. The maximum atomic E-state index is 9.80. The Hall–Kier alpha value is -3.04. The van der Waals surface area contributed by atoms with Crippen molar-refractivity contribution in [1.82, 2.24) is 0 Å². The maximum Gasteiger partial charge on any atom is 0.137 e. The Morgan fingerprint density at radius 3 is 1.56 bits per heavy atom. The average molecular weight is 419 g/mol. The van der Waals surface area contributed by atoms with Crippen LogP contribution in [0.1, 0.15) is 0 Å². The molecule has 0 aliphatic carbocycles. The van der Waals surface area contributed by atoms with Crippen molar-refractivity contribution in [2.24, 2.45) is 0 Å². The van der Waals surface area contributed by atoms with Crippen LogP contribution < -0.4 is 0 Å². The van der Waals surface area contributed by atoms with E-state index < -0.39 is 0 Å². The largest absolute Gasteiger partial charge is 0.507 e. The van der Waals surface area contributed by atoms with Gasteiger partial charge in [0.25, 0.3) is 0 Å². The monoisotopic (exact) mass is 418 g/mol. The molecule has 3 heteroatoms. The summed E-state index contributed by atoms with van der Waals surface area (Å²) in [4.78, 5) is 0. The number of aromatic hydroxyl groups is 2. The van der Waals surface area contributed by atoms with Crippen molar-refractivity contribution < 1.29 is 10.2 Å². The van der Waals surface area contributed by atoms with Gasteiger partial charge in [-0.3, -0.25) is 0 Å². The van der Waals surface area contributed by atoms with E-state index in [2.05, 4.69) is 15.9 Å². The molecule has 4 rings (SSSR count). The number of hydrogen-bond donors (Lipinski definition) is 2. The molecule has 0 saturated heterocycles. The molecule has 4 aromatic carbocycles. The maximum absolute atomic E-state index is 9.80. The second-order valence-electron chi connectivity index (χ2n) is 5.89. The zero-order valence-electron chi connectivity index (χ0n) is 14.6. The Balaban J connectivity index is 0.000000156. The van der Waals surface area contributed by atoms with E-state index in [4.69, 9.17) is 0 Å². The van der Waals surface area contributed by atoms with Crippen LogP contribution in [0.5, 0.6) is 11.5 Å². The van der Waals surface area contributed by atoms with Crippen LogP contribution in [0, 0.1) is 0 Å². The molecule has 134 valence electrons. The first-order valence-electron chi connectivity index (χ1n) is 8.53. The first-order valence-corrected chi connectivity index (χ1v) is 9.32. The molecule has 4 aromatic rings. The fourth-order valence-corrected chi connectivity index (χ4v) is 3.07. The van der Waals surface area contributed by atoms with Crippen molar-refractivity contribution in [1.29, 1.82) is 0 Å². The molecule has 0 bridgehead atoms. The van der Waals surface area contributed by atoms with Crippen LogP contribution in [0.4, 0.5) is 0 Å². The highest BCUT2D eigenvalue weighted by atomic mass is 79.9. The highest BCUT2D eigenvalue weighted by molar-refractivity contribution is 9.10. The Morgan fingerprint density at radius 1 is 0.481 bits per heavy atom. The van der Waals surface area contributed by atoms with E-state index >= 15 is 0 Å². The fourth-order valence-electron chi connectivity index (χ4n) is 2.70. The third-order valence-electron chi connectivity index (χ3n) is 4.06. The van der Waals surface area contributed by atoms with Crippen molar-refractivity contribution in [3.8, 4) is 33.8 Å². The summed E-state index contributed by atoms with van der Waals surface area (Å²) in [5.74, 6) is 0.618. The van der Waals surface area contributed by atoms with Crippen molar-refractivity contribution in [3.05, 3.63) is 108 Å². The number of rotatable bonds is 2. The van der Waals surface area contributed by atoms with Gasteiger partial charge in [-0.2, -0.15) is 0 Å². The Labute approximate surface area is 167 Å². The molecular formula is C24H19BrO2. The minimum absolute atomic E-state index is 0.290. The summed E-state index contributed by atoms with van der Waals surface area (Å²) >= 11 is 3.29. The zero-order chi connectivity index (χ0) is 19.1. The predicted octanol–water partition coefficient (Wildman–Crippen LogP) is 6.88. The third kappa shape index (κ3) is 4.78. The highest BCUT2D eigenvalue weighted by Crippen LogP contribution is 2.34. The van der Waals surface area contributed by atoms with Gasteiger partial charge >= 0.3 is 0 Å². The molecule has 2 N–H and O–H groups in total. The van der Waals surface area contributed by atoms with E-state index in [9.17, 15) is 10.2 Å². The summed E-state index contributed by atoms with van der Waals surface area (Å²) in [6.07, 6.45) is 0. The van der Waals surface area contributed by atoms with Crippen LogP contribution in [-0.4, -0.2) is 10.2 Å². The van der Waals surface area contributed by atoms with Crippen LogP contribution in [-0.2, 0) is 0 Å². The van der Waals surface area contributed by atoms with E-state index in [1.165, 1.54) is 0 Å². The van der Waals surface area contributed by atoms with E-state index in [0.717, 1.165) is 26.7 Å². The van der Waals surface area contributed by atoms with E-state index in [1.807, 2.05) is 97.1 Å². The molecule has 0 fully saturated rings. The molecule has 0 aliphatic rings. The van der Waals surface area contributed by atoms with Gasteiger partial charge in [-0.1, -0.05) is 91.0 Å². The number of phenols is 2. The van der Waals surface area contributed by atoms with Crippen molar-refractivity contribution >= 4 is 15.9 Å². The van der Waals surface area contributed by atoms with Gasteiger partial charge < -0.3 is 10.2 Å². The van der Waals surface area contributed by atoms with Gasteiger partial charge in [-0.05, 0) is 39.2 Å². The van der Waals surface area contributed by atoms with Crippen molar-refractivity contribution in [3.63, 3.8) is 0 Å². The highest BCUT2D eigenvalue weighted by Gasteiger charge is 2.05. The van der Waals surface area contributed by atoms with Crippen LogP contribution in [0.15, 0.2) is 108 Å². The van der Waals surface area contributed by atoms with Gasteiger partial charge in [0.1, 0.15) is 11.5 Å². The molecule has 0 heterocycles. The molecule has 0 radical (unpaired) electrons. The molecule has 0 aliphatic heterocycles. The molecular weight excluding hydrogens is 400 g/mol. The summed E-state index contributed by atoms with van der Waals surface area (Å²) in [5, 5.41) is 19.4. The second kappa shape index (κ2) is 9.06. The summed E-state index contributed by atoms with van der Waals surface area (Å²) in [7, 11) is 0. The first-order chi connectivity index (χ1) is 13.2. The van der Waals surface area contributed by atoms with Gasteiger partial charge in [0.05, 0.1) is 4.47 Å². The van der Waals surface area contributed by atoms with Crippen LogP contribution in [0.2, 0.25) is 0 Å². The lowest BCUT2D eigenvalue weighted by molar-refractivity contribution is 0.474. The van der Waals surface area contributed by atoms with Gasteiger partial charge in [-0.15, -0.1) is 0 Å². The molecule has 0 spiro atoms. The van der Waals surface area contributed by atoms with Crippen molar-refractivity contribution in [2.45, 2.75) is 0 Å². The van der Waals surface area contributed by atoms with E-state index in [0.29, 0.717) is 11.5 Å². The first kappa shape index (κ1) is 18.7. The topological polar surface area (TPSA) is 40.5 Å². The molecule has 0 unspecified atom stereocenters. The normalized spacial score (nSPS) is 9.96. The standard InChI is InChI=1S/C12H9BrO.C12H10O/c13-11-8-4-7-10(12(11)14)9-5-2-1-3-6-9;13-12-9-5-4-8-11(12)10-6-2-1-3-7-10/h1-8,14H;1-9,13H. The smallest absolute Gasteiger partial charge is 0.137 e. The van der Waals surface area contributed by atoms with Crippen LogP contribution in [0.25, 0.3) is 22.3 Å². The Morgan fingerprint density at radius 2 is 0.963 bits per heavy atom. The Kier molecular flexibility index (Phi) is 6.29. The van der Waals surface area contributed by atoms with Crippen molar-refractivity contribution in [2.75, 3.05) is 0 Å². The van der Waals surface area contributed by atoms with Gasteiger partial charge in [-0.25, -0.2) is 0 Å². The van der Waals surface area contributed by atoms with Gasteiger partial charge in [0.15, 0.2) is 0 Å². The van der Waals surface area contributed by atoms with Crippen LogP contribution in [0.3, 0.4) is 0 Å². The minimum Gasteiger partial charge on any atom is -0.507 e. The van der Waals surface area contributed by atoms with Crippen LogP contribution >= 0.6 is 15.9 Å². The lowest BCUT2D eigenvalue weighted by atomic mass is 10.1. The summed E-state index contributed by atoms with van der Waals surface area (Å²) in [5.41, 5.74) is 3.79. The van der Waals surface area contributed by atoms with E-state index in [1.54, 1.807) is 6.07 Å². The third-order valence-corrected chi connectivity index (χ3v) is 4.70. The molecule has 0 saturated carbocycles. The molecule has 0 amide bonds. The molecule has 27 heavy (non-hydrogen) atoms.